The van der Waals surface area contributed by atoms with Crippen LogP contribution in [0.1, 0.15) is 38.7 Å². The quantitative estimate of drug-likeness (QED) is 0.246. The van der Waals surface area contributed by atoms with Crippen LogP contribution in [0.5, 0.6) is 0 Å². The van der Waals surface area contributed by atoms with Crippen molar-refractivity contribution in [2.45, 2.75) is 18.9 Å². The lowest BCUT2D eigenvalue weighted by molar-refractivity contribution is 0.0993. The second kappa shape index (κ2) is 11.1. The standard InChI is InChI=1S/C27H23ClFN7OS/c1-36(26(37)17-8-10-30-11-9-17)18-13-22(28)25(32-14-18)34-35-27(38)33-24-20-3-2-4-23(29)19(20)6-5-16-7-12-31-15-21(16)24/h2-4,7-15,24H,5-6H2,1H3,(H,32,34)(H2,33,35,38). The molecule has 0 saturated heterocycles. The van der Waals surface area contributed by atoms with Crippen molar-refractivity contribution in [3.05, 3.63) is 112 Å². The van der Waals surface area contributed by atoms with Gasteiger partial charge in [-0.15, -0.1) is 0 Å². The number of halogens is 2. The Morgan fingerprint density at radius 1 is 1.08 bits per heavy atom. The van der Waals surface area contributed by atoms with Gasteiger partial charge in [-0.2, -0.15) is 0 Å². The van der Waals surface area contributed by atoms with Crippen LogP contribution >= 0.6 is 23.8 Å². The van der Waals surface area contributed by atoms with E-state index in [2.05, 4.69) is 31.1 Å². The molecule has 3 heterocycles. The van der Waals surface area contributed by atoms with Gasteiger partial charge < -0.3 is 10.2 Å². The zero-order valence-electron chi connectivity index (χ0n) is 20.3. The van der Waals surface area contributed by atoms with Gasteiger partial charge in [0.15, 0.2) is 10.9 Å². The molecule has 1 aliphatic rings. The summed E-state index contributed by atoms with van der Waals surface area (Å²) in [4.78, 5) is 26.7. The normalized spacial score (nSPS) is 13.9. The Kier molecular flexibility index (Phi) is 7.43. The van der Waals surface area contributed by atoms with Crippen LogP contribution in [0.25, 0.3) is 0 Å². The van der Waals surface area contributed by atoms with Gasteiger partial charge in [-0.3, -0.25) is 25.6 Å². The Balaban J connectivity index is 1.29. The number of benzene rings is 1. The molecule has 1 aromatic carbocycles. The molecule has 3 aromatic heterocycles. The van der Waals surface area contributed by atoms with Gasteiger partial charge in [-0.05, 0) is 72.1 Å². The van der Waals surface area contributed by atoms with Crippen LogP contribution in [-0.2, 0) is 12.8 Å². The first-order chi connectivity index (χ1) is 18.4. The summed E-state index contributed by atoms with van der Waals surface area (Å²) >= 11 is 12.0. The fourth-order valence-corrected chi connectivity index (χ4v) is 4.78. The minimum absolute atomic E-state index is 0.218. The van der Waals surface area contributed by atoms with Crippen LogP contribution in [0.4, 0.5) is 15.9 Å². The molecule has 0 fully saturated rings. The second-order valence-electron chi connectivity index (χ2n) is 8.66. The summed E-state index contributed by atoms with van der Waals surface area (Å²) in [6, 6.07) is 11.5. The highest BCUT2D eigenvalue weighted by molar-refractivity contribution is 7.80. The van der Waals surface area contributed by atoms with Crippen LogP contribution in [0, 0.1) is 5.82 Å². The van der Waals surface area contributed by atoms with Gasteiger partial charge in [-0.1, -0.05) is 23.7 Å². The number of aromatic nitrogens is 3. The number of hydrogen-bond acceptors (Lipinski definition) is 6. The Hall–Kier alpha value is -4.15. The molecule has 11 heteroatoms. The van der Waals surface area contributed by atoms with E-state index in [1.165, 1.54) is 17.2 Å². The average Bonchev–Trinajstić information content (AvgIpc) is 3.10. The summed E-state index contributed by atoms with van der Waals surface area (Å²) in [6.45, 7) is 0. The number of amides is 1. The molecule has 0 bridgehead atoms. The van der Waals surface area contributed by atoms with Gasteiger partial charge in [0.1, 0.15) is 5.82 Å². The molecule has 0 spiro atoms. The van der Waals surface area contributed by atoms with E-state index in [-0.39, 0.29) is 21.9 Å². The van der Waals surface area contributed by atoms with Crippen LogP contribution in [0.3, 0.4) is 0 Å². The highest BCUT2D eigenvalue weighted by Gasteiger charge is 2.26. The number of thiocarbonyl (C=S) groups is 1. The smallest absolute Gasteiger partial charge is 0.258 e. The summed E-state index contributed by atoms with van der Waals surface area (Å²) in [6.07, 6.45) is 9.44. The third-order valence-electron chi connectivity index (χ3n) is 6.38. The lowest BCUT2D eigenvalue weighted by atomic mass is 9.96. The molecule has 38 heavy (non-hydrogen) atoms. The third-order valence-corrected chi connectivity index (χ3v) is 6.89. The second-order valence-corrected chi connectivity index (χ2v) is 9.48. The van der Waals surface area contributed by atoms with Gasteiger partial charge in [0.05, 0.1) is 22.9 Å². The Labute approximate surface area is 229 Å². The third kappa shape index (κ3) is 5.27. The summed E-state index contributed by atoms with van der Waals surface area (Å²) in [5, 5.41) is 3.81. The van der Waals surface area contributed by atoms with E-state index in [9.17, 15) is 9.18 Å². The molecule has 8 nitrogen and oxygen atoms in total. The maximum atomic E-state index is 14.7. The van der Waals surface area contributed by atoms with Crippen LogP contribution in [-0.4, -0.2) is 33.0 Å². The first-order valence-corrected chi connectivity index (χ1v) is 12.6. The zero-order chi connectivity index (χ0) is 26.6. The lowest BCUT2D eigenvalue weighted by Crippen LogP contribution is -2.41. The zero-order valence-corrected chi connectivity index (χ0v) is 21.9. The number of rotatable bonds is 5. The molecule has 4 aromatic rings. The summed E-state index contributed by atoms with van der Waals surface area (Å²) in [7, 11) is 1.64. The molecular weight excluding hydrogens is 525 g/mol. The number of aryl methyl sites for hydroxylation is 1. The molecule has 3 N–H and O–H groups in total. The van der Waals surface area contributed by atoms with Gasteiger partial charge >= 0.3 is 0 Å². The molecule has 0 saturated carbocycles. The highest BCUT2D eigenvalue weighted by Crippen LogP contribution is 2.33. The summed E-state index contributed by atoms with van der Waals surface area (Å²) in [5.74, 6) is -0.140. The number of carbonyl (C=O) groups excluding carboxylic acids is 1. The van der Waals surface area contributed by atoms with Crippen molar-refractivity contribution in [3.8, 4) is 0 Å². The van der Waals surface area contributed by atoms with Crippen molar-refractivity contribution in [2.75, 3.05) is 17.4 Å². The van der Waals surface area contributed by atoms with Gasteiger partial charge in [0.2, 0.25) is 0 Å². The number of nitrogens with one attached hydrogen (secondary N) is 3. The fraction of sp³-hybridized carbons (Fsp3) is 0.148. The number of hydrazine groups is 1. The largest absolute Gasteiger partial charge is 0.350 e. The fourth-order valence-electron chi connectivity index (χ4n) is 4.41. The van der Waals surface area contributed by atoms with Crippen LogP contribution in [0.2, 0.25) is 5.02 Å². The number of nitrogens with zero attached hydrogens (tertiary/aromatic N) is 4. The lowest BCUT2D eigenvalue weighted by Gasteiger charge is -2.24. The van der Waals surface area contributed by atoms with Crippen molar-refractivity contribution < 1.29 is 9.18 Å². The van der Waals surface area contributed by atoms with E-state index in [1.807, 2.05) is 12.1 Å². The van der Waals surface area contributed by atoms with Crippen molar-refractivity contribution in [3.63, 3.8) is 0 Å². The van der Waals surface area contributed by atoms with Crippen LogP contribution in [0.15, 0.2) is 73.4 Å². The first kappa shape index (κ1) is 25.5. The molecule has 1 unspecified atom stereocenters. The Morgan fingerprint density at radius 3 is 2.66 bits per heavy atom. The maximum Gasteiger partial charge on any atom is 0.258 e. The van der Waals surface area contributed by atoms with Crippen molar-refractivity contribution in [2.24, 2.45) is 0 Å². The van der Waals surface area contributed by atoms with E-state index >= 15 is 0 Å². The van der Waals surface area contributed by atoms with Crippen molar-refractivity contribution >= 4 is 46.3 Å². The molecule has 1 atom stereocenters. The highest BCUT2D eigenvalue weighted by atomic mass is 35.5. The monoisotopic (exact) mass is 547 g/mol. The molecule has 0 radical (unpaired) electrons. The van der Waals surface area contributed by atoms with E-state index in [1.54, 1.807) is 56.1 Å². The number of anilines is 2. The molecule has 5 rings (SSSR count). The number of pyridine rings is 3. The number of fused-ring (bicyclic) bond motifs is 2. The molecule has 192 valence electrons. The molecular formula is C27H23ClFN7OS. The predicted octanol–water partition coefficient (Wildman–Crippen LogP) is 4.62. The number of hydrogen-bond donors (Lipinski definition) is 3. The molecule has 1 amide bonds. The van der Waals surface area contributed by atoms with Crippen molar-refractivity contribution in [1.82, 2.24) is 25.7 Å². The maximum absolute atomic E-state index is 14.7. The summed E-state index contributed by atoms with van der Waals surface area (Å²) in [5.41, 5.74) is 10.3. The average molecular weight is 548 g/mol. The van der Waals surface area contributed by atoms with E-state index < -0.39 is 6.04 Å². The van der Waals surface area contributed by atoms with Gasteiger partial charge in [-0.25, -0.2) is 9.37 Å². The Morgan fingerprint density at radius 2 is 1.87 bits per heavy atom. The van der Waals surface area contributed by atoms with Gasteiger partial charge in [0, 0.05) is 43.0 Å². The predicted molar refractivity (Wildman–Crippen MR) is 149 cm³/mol. The van der Waals surface area contributed by atoms with Crippen LogP contribution < -0.4 is 21.1 Å². The minimum atomic E-state index is -0.396. The van der Waals surface area contributed by atoms with Gasteiger partial charge in [0.25, 0.3) is 5.91 Å². The van der Waals surface area contributed by atoms with E-state index in [0.717, 1.165) is 16.7 Å². The topological polar surface area (TPSA) is 95.1 Å². The van der Waals surface area contributed by atoms with E-state index in [0.29, 0.717) is 35.5 Å². The SMILES string of the molecule is CN(C(=O)c1ccncc1)c1cnc(NNC(=S)NC2c3cnccc3CCc3c(F)cccc32)c(Cl)c1. The van der Waals surface area contributed by atoms with E-state index in [4.69, 9.17) is 23.8 Å². The molecule has 0 aliphatic heterocycles. The van der Waals surface area contributed by atoms with Crippen molar-refractivity contribution in [1.29, 1.82) is 0 Å². The first-order valence-electron chi connectivity index (χ1n) is 11.8. The number of carbonyl (C=O) groups is 1. The molecule has 1 aliphatic carbocycles. The minimum Gasteiger partial charge on any atom is -0.350 e. The summed E-state index contributed by atoms with van der Waals surface area (Å²) < 4.78 is 14.7. The Bertz CT molecular complexity index is 1500.